The van der Waals surface area contributed by atoms with Crippen LogP contribution in [0, 0.1) is 0 Å². The van der Waals surface area contributed by atoms with Gasteiger partial charge in [-0.25, -0.2) is 0 Å². The fourth-order valence-corrected chi connectivity index (χ4v) is 2.62. The Hall–Kier alpha value is -0.873. The van der Waals surface area contributed by atoms with E-state index in [9.17, 15) is 0 Å². The summed E-state index contributed by atoms with van der Waals surface area (Å²) in [6.07, 6.45) is 1.81. The van der Waals surface area contributed by atoms with Crippen molar-refractivity contribution < 1.29 is 9.16 Å². The Morgan fingerprint density at radius 1 is 1.10 bits per heavy atom. The van der Waals surface area contributed by atoms with Crippen LogP contribution in [0.2, 0.25) is 18.1 Å². The van der Waals surface area contributed by atoms with Crippen LogP contribution in [-0.4, -0.2) is 20.4 Å². The fourth-order valence-electron chi connectivity index (χ4n) is 1.67. The summed E-state index contributed by atoms with van der Waals surface area (Å²) in [6, 6.07) is 2.12. The third-order valence-electron chi connectivity index (χ3n) is 4.33. The SMILES string of the molecule is COc1cnc(C(C)(C)C)cc1CO[Si](C)(C)C(C)(C)C. The van der Waals surface area contributed by atoms with Crippen molar-refractivity contribution in [1.82, 2.24) is 4.98 Å². The highest BCUT2D eigenvalue weighted by Crippen LogP contribution is 2.37. The zero-order chi connectivity index (χ0) is 16.5. The van der Waals surface area contributed by atoms with Crippen molar-refractivity contribution in [3.63, 3.8) is 0 Å². The smallest absolute Gasteiger partial charge is 0.192 e. The highest BCUT2D eigenvalue weighted by atomic mass is 28.4. The minimum atomic E-state index is -1.76. The van der Waals surface area contributed by atoms with E-state index in [1.807, 2.05) is 6.20 Å². The van der Waals surface area contributed by atoms with E-state index in [-0.39, 0.29) is 10.5 Å². The predicted molar refractivity (Wildman–Crippen MR) is 91.5 cm³/mol. The molecule has 0 unspecified atom stereocenters. The lowest BCUT2D eigenvalue weighted by molar-refractivity contribution is 0.269. The zero-order valence-corrected chi connectivity index (χ0v) is 16.1. The average molecular weight is 310 g/mol. The second-order valence-corrected chi connectivity index (χ2v) is 13.0. The maximum atomic E-state index is 6.32. The van der Waals surface area contributed by atoms with E-state index in [0.717, 1.165) is 17.0 Å². The van der Waals surface area contributed by atoms with Gasteiger partial charge >= 0.3 is 0 Å². The molecule has 4 heteroatoms. The lowest BCUT2D eigenvalue weighted by Crippen LogP contribution is -2.40. The molecule has 0 fully saturated rings. The van der Waals surface area contributed by atoms with E-state index in [0.29, 0.717) is 6.61 Å². The first-order valence-electron chi connectivity index (χ1n) is 7.56. The first-order chi connectivity index (χ1) is 9.38. The van der Waals surface area contributed by atoms with Crippen LogP contribution in [0.1, 0.15) is 52.8 Å². The average Bonchev–Trinajstić information content (AvgIpc) is 2.33. The quantitative estimate of drug-likeness (QED) is 0.741. The number of aromatic nitrogens is 1. The van der Waals surface area contributed by atoms with Gasteiger partial charge in [-0.1, -0.05) is 41.5 Å². The van der Waals surface area contributed by atoms with Crippen LogP contribution in [0.3, 0.4) is 0 Å². The normalized spacial score (nSPS) is 13.4. The van der Waals surface area contributed by atoms with E-state index < -0.39 is 8.32 Å². The minimum Gasteiger partial charge on any atom is -0.495 e. The molecule has 1 heterocycles. The van der Waals surface area contributed by atoms with E-state index in [4.69, 9.17) is 9.16 Å². The maximum Gasteiger partial charge on any atom is 0.192 e. The van der Waals surface area contributed by atoms with Crippen LogP contribution >= 0.6 is 0 Å². The number of rotatable bonds is 4. The number of methoxy groups -OCH3 is 1. The zero-order valence-electron chi connectivity index (χ0n) is 15.1. The van der Waals surface area contributed by atoms with Crippen LogP contribution in [0.4, 0.5) is 0 Å². The molecule has 0 amide bonds. The molecule has 0 aliphatic carbocycles. The Morgan fingerprint density at radius 2 is 1.67 bits per heavy atom. The number of nitrogens with zero attached hydrogens (tertiary/aromatic N) is 1. The van der Waals surface area contributed by atoms with Crippen LogP contribution in [0.5, 0.6) is 5.75 Å². The molecule has 0 bridgehead atoms. The Labute approximate surface area is 131 Å². The van der Waals surface area contributed by atoms with Crippen molar-refractivity contribution in [2.75, 3.05) is 7.11 Å². The molecule has 1 aromatic heterocycles. The summed E-state index contributed by atoms with van der Waals surface area (Å²) >= 11 is 0. The molecular formula is C17H31NO2Si. The second kappa shape index (κ2) is 6.09. The summed E-state index contributed by atoms with van der Waals surface area (Å²) < 4.78 is 11.8. The van der Waals surface area contributed by atoms with Gasteiger partial charge in [-0.2, -0.15) is 0 Å². The Bertz CT molecular complexity index is 485. The molecule has 0 aliphatic rings. The van der Waals surface area contributed by atoms with E-state index in [1.54, 1.807) is 7.11 Å². The third-order valence-corrected chi connectivity index (χ3v) is 8.81. The van der Waals surface area contributed by atoms with Gasteiger partial charge in [0.15, 0.2) is 8.32 Å². The first-order valence-corrected chi connectivity index (χ1v) is 10.5. The third kappa shape index (κ3) is 4.55. The highest BCUT2D eigenvalue weighted by Gasteiger charge is 2.37. The summed E-state index contributed by atoms with van der Waals surface area (Å²) in [5.41, 5.74) is 2.18. The lowest BCUT2D eigenvalue weighted by Gasteiger charge is -2.36. The monoisotopic (exact) mass is 309 g/mol. The van der Waals surface area contributed by atoms with Crippen LogP contribution in [0.25, 0.3) is 0 Å². The van der Waals surface area contributed by atoms with Gasteiger partial charge in [0.05, 0.1) is 19.9 Å². The van der Waals surface area contributed by atoms with Gasteiger partial charge in [-0.15, -0.1) is 0 Å². The van der Waals surface area contributed by atoms with Gasteiger partial charge < -0.3 is 9.16 Å². The van der Waals surface area contributed by atoms with Crippen molar-refractivity contribution >= 4 is 8.32 Å². The molecule has 0 saturated heterocycles. The number of ether oxygens (including phenoxy) is 1. The summed E-state index contributed by atoms with van der Waals surface area (Å²) in [6.45, 7) is 18.4. The van der Waals surface area contributed by atoms with E-state index >= 15 is 0 Å². The molecule has 0 aromatic carbocycles. The van der Waals surface area contributed by atoms with Crippen LogP contribution in [0.15, 0.2) is 12.3 Å². The van der Waals surface area contributed by atoms with Crippen molar-refractivity contribution in [2.45, 2.75) is 71.7 Å². The van der Waals surface area contributed by atoms with E-state index in [2.05, 4.69) is 65.7 Å². The summed E-state index contributed by atoms with van der Waals surface area (Å²) in [7, 11) is -0.0785. The molecule has 1 rings (SSSR count). The molecule has 0 radical (unpaired) electrons. The summed E-state index contributed by atoms with van der Waals surface area (Å²) in [5.74, 6) is 0.807. The first kappa shape index (κ1) is 18.2. The summed E-state index contributed by atoms with van der Waals surface area (Å²) in [4.78, 5) is 4.51. The van der Waals surface area contributed by atoms with Gasteiger partial charge in [0.1, 0.15) is 5.75 Å². The van der Waals surface area contributed by atoms with Gasteiger partial charge in [0.2, 0.25) is 0 Å². The number of hydrogen-bond donors (Lipinski definition) is 0. The number of pyridine rings is 1. The van der Waals surface area contributed by atoms with Crippen molar-refractivity contribution in [1.29, 1.82) is 0 Å². The molecule has 0 atom stereocenters. The van der Waals surface area contributed by atoms with Gasteiger partial charge in [0.25, 0.3) is 0 Å². The fraction of sp³-hybridized carbons (Fsp3) is 0.706. The highest BCUT2D eigenvalue weighted by molar-refractivity contribution is 6.74. The summed E-state index contributed by atoms with van der Waals surface area (Å²) in [5, 5.41) is 0.208. The van der Waals surface area contributed by atoms with Crippen molar-refractivity contribution in [3.8, 4) is 5.75 Å². The Balaban J connectivity index is 3.02. The molecule has 0 N–H and O–H groups in total. The van der Waals surface area contributed by atoms with Gasteiger partial charge in [-0.3, -0.25) is 4.98 Å². The Kier molecular flexibility index (Phi) is 5.27. The molecule has 120 valence electrons. The van der Waals surface area contributed by atoms with E-state index in [1.165, 1.54) is 0 Å². The van der Waals surface area contributed by atoms with Crippen LogP contribution in [-0.2, 0) is 16.4 Å². The van der Waals surface area contributed by atoms with Crippen molar-refractivity contribution in [3.05, 3.63) is 23.5 Å². The minimum absolute atomic E-state index is 0.0258. The molecule has 0 saturated carbocycles. The van der Waals surface area contributed by atoms with Gasteiger partial charge in [-0.05, 0) is 24.2 Å². The largest absolute Gasteiger partial charge is 0.495 e. The Morgan fingerprint density at radius 3 is 2.10 bits per heavy atom. The van der Waals surface area contributed by atoms with Crippen molar-refractivity contribution in [2.24, 2.45) is 0 Å². The molecular weight excluding hydrogens is 278 g/mol. The lowest BCUT2D eigenvalue weighted by atomic mass is 9.91. The number of hydrogen-bond acceptors (Lipinski definition) is 3. The molecule has 0 spiro atoms. The second-order valence-electron chi connectivity index (χ2n) is 8.18. The maximum absolute atomic E-state index is 6.32. The molecule has 3 nitrogen and oxygen atoms in total. The topological polar surface area (TPSA) is 31.4 Å². The standard InChI is InChI=1S/C17H31NO2Si/c1-16(2,3)15-10-13(14(19-7)11-18-15)12-20-21(8,9)17(4,5)6/h10-11H,12H2,1-9H3. The molecule has 21 heavy (non-hydrogen) atoms. The molecule has 1 aromatic rings. The van der Waals surface area contributed by atoms with Gasteiger partial charge in [0, 0.05) is 16.7 Å². The predicted octanol–water partition coefficient (Wildman–Crippen LogP) is 4.91. The molecule has 0 aliphatic heterocycles. The van der Waals surface area contributed by atoms with Crippen LogP contribution < -0.4 is 4.74 Å².